The number of halogens is 2. The van der Waals surface area contributed by atoms with Crippen LogP contribution in [0.15, 0.2) is 42.5 Å². The molecule has 162 valence electrons. The van der Waals surface area contributed by atoms with E-state index >= 15 is 0 Å². The molecule has 2 rings (SSSR count). The van der Waals surface area contributed by atoms with Gasteiger partial charge in [0.1, 0.15) is 6.04 Å². The fraction of sp³-hybridized carbons (Fsp3) is 0.417. The number of nitrogens with zero attached hydrogens (tertiary/aromatic N) is 1. The van der Waals surface area contributed by atoms with Crippen LogP contribution in [0.4, 0.5) is 0 Å². The highest BCUT2D eigenvalue weighted by Crippen LogP contribution is 2.27. The summed E-state index contributed by atoms with van der Waals surface area (Å²) in [7, 11) is 0. The lowest BCUT2D eigenvalue weighted by Crippen LogP contribution is -2.51. The van der Waals surface area contributed by atoms with Gasteiger partial charge in [-0.05, 0) is 49.9 Å². The van der Waals surface area contributed by atoms with E-state index in [0.29, 0.717) is 22.0 Å². The van der Waals surface area contributed by atoms with Crippen molar-refractivity contribution in [2.45, 2.75) is 65.6 Å². The molecule has 1 N–H and O–H groups in total. The molecular formula is C24H30Cl2N2O2. The van der Waals surface area contributed by atoms with E-state index in [0.717, 1.165) is 17.5 Å². The van der Waals surface area contributed by atoms with E-state index in [4.69, 9.17) is 23.2 Å². The Morgan fingerprint density at radius 3 is 2.20 bits per heavy atom. The molecule has 0 radical (unpaired) electrons. The molecular weight excluding hydrogens is 419 g/mol. The van der Waals surface area contributed by atoms with Crippen LogP contribution in [0.2, 0.25) is 10.0 Å². The van der Waals surface area contributed by atoms with Gasteiger partial charge in [-0.3, -0.25) is 9.59 Å². The van der Waals surface area contributed by atoms with Crippen molar-refractivity contribution in [2.75, 3.05) is 0 Å². The highest BCUT2D eigenvalue weighted by molar-refractivity contribution is 6.36. The van der Waals surface area contributed by atoms with Crippen LogP contribution in [0.3, 0.4) is 0 Å². The van der Waals surface area contributed by atoms with E-state index in [-0.39, 0.29) is 30.8 Å². The maximum atomic E-state index is 13.4. The van der Waals surface area contributed by atoms with Crippen molar-refractivity contribution in [1.82, 2.24) is 10.2 Å². The molecule has 0 saturated heterocycles. The lowest BCUT2D eigenvalue weighted by atomic mass is 10.0. The zero-order valence-electron chi connectivity index (χ0n) is 18.0. The SMILES string of the molecule is CC[C@H](C)NC(=O)[C@H](CC)N(Cc1c(Cl)cccc1Cl)C(=O)Cc1ccccc1C. The Morgan fingerprint density at radius 2 is 1.63 bits per heavy atom. The van der Waals surface area contributed by atoms with Gasteiger partial charge in [0, 0.05) is 28.2 Å². The second-order valence-corrected chi connectivity index (χ2v) is 8.38. The summed E-state index contributed by atoms with van der Waals surface area (Å²) in [6.07, 6.45) is 1.52. The Bertz CT molecular complexity index is 865. The average Bonchev–Trinajstić information content (AvgIpc) is 2.71. The summed E-state index contributed by atoms with van der Waals surface area (Å²) in [5, 5.41) is 3.97. The average molecular weight is 449 g/mol. The minimum Gasteiger partial charge on any atom is -0.352 e. The molecule has 2 atom stereocenters. The van der Waals surface area contributed by atoms with Crippen molar-refractivity contribution in [1.29, 1.82) is 0 Å². The molecule has 0 spiro atoms. The summed E-state index contributed by atoms with van der Waals surface area (Å²) in [5.41, 5.74) is 2.63. The van der Waals surface area contributed by atoms with Gasteiger partial charge >= 0.3 is 0 Å². The third-order valence-electron chi connectivity index (χ3n) is 5.38. The lowest BCUT2D eigenvalue weighted by Gasteiger charge is -2.32. The molecule has 0 fully saturated rings. The number of carbonyl (C=O) groups is 2. The molecule has 6 heteroatoms. The van der Waals surface area contributed by atoms with Gasteiger partial charge in [-0.1, -0.05) is 67.4 Å². The second kappa shape index (κ2) is 11.4. The van der Waals surface area contributed by atoms with Crippen LogP contribution in [0.25, 0.3) is 0 Å². The summed E-state index contributed by atoms with van der Waals surface area (Å²) in [5.74, 6) is -0.292. The zero-order chi connectivity index (χ0) is 22.3. The number of hydrogen-bond acceptors (Lipinski definition) is 2. The van der Waals surface area contributed by atoms with Crippen LogP contribution in [-0.4, -0.2) is 28.8 Å². The summed E-state index contributed by atoms with van der Waals surface area (Å²) in [6, 6.07) is 12.4. The maximum absolute atomic E-state index is 13.4. The van der Waals surface area contributed by atoms with Gasteiger partial charge in [-0.2, -0.15) is 0 Å². The number of amides is 2. The zero-order valence-corrected chi connectivity index (χ0v) is 19.6. The first kappa shape index (κ1) is 24.2. The Labute approximate surface area is 189 Å². The van der Waals surface area contributed by atoms with Gasteiger partial charge in [0.15, 0.2) is 0 Å². The van der Waals surface area contributed by atoms with E-state index in [2.05, 4.69) is 5.32 Å². The van der Waals surface area contributed by atoms with Crippen LogP contribution >= 0.6 is 23.2 Å². The number of nitrogens with one attached hydrogen (secondary N) is 1. The number of hydrogen-bond donors (Lipinski definition) is 1. The van der Waals surface area contributed by atoms with Gasteiger partial charge < -0.3 is 10.2 Å². The Morgan fingerprint density at radius 1 is 1.00 bits per heavy atom. The first-order valence-electron chi connectivity index (χ1n) is 10.4. The van der Waals surface area contributed by atoms with Crippen molar-refractivity contribution in [2.24, 2.45) is 0 Å². The van der Waals surface area contributed by atoms with Crippen molar-refractivity contribution in [3.63, 3.8) is 0 Å². The topological polar surface area (TPSA) is 49.4 Å². The number of benzene rings is 2. The maximum Gasteiger partial charge on any atom is 0.243 e. The predicted molar refractivity (Wildman–Crippen MR) is 124 cm³/mol. The van der Waals surface area contributed by atoms with Crippen LogP contribution in [0.5, 0.6) is 0 Å². The van der Waals surface area contributed by atoms with Gasteiger partial charge in [-0.15, -0.1) is 0 Å². The number of carbonyl (C=O) groups excluding carboxylic acids is 2. The van der Waals surface area contributed by atoms with Gasteiger partial charge in [0.2, 0.25) is 11.8 Å². The number of aryl methyl sites for hydroxylation is 1. The molecule has 4 nitrogen and oxygen atoms in total. The highest BCUT2D eigenvalue weighted by atomic mass is 35.5. The molecule has 0 aliphatic heterocycles. The van der Waals surface area contributed by atoms with Crippen LogP contribution in [0, 0.1) is 6.92 Å². The molecule has 0 saturated carbocycles. The summed E-state index contributed by atoms with van der Waals surface area (Å²) in [6.45, 7) is 8.02. The van der Waals surface area contributed by atoms with Gasteiger partial charge in [0.05, 0.1) is 6.42 Å². The van der Waals surface area contributed by atoms with Gasteiger partial charge in [0.25, 0.3) is 0 Å². The molecule has 0 aliphatic carbocycles. The molecule has 30 heavy (non-hydrogen) atoms. The van der Waals surface area contributed by atoms with E-state index < -0.39 is 6.04 Å². The summed E-state index contributed by atoms with van der Waals surface area (Å²) >= 11 is 12.7. The quantitative estimate of drug-likeness (QED) is 0.545. The monoisotopic (exact) mass is 448 g/mol. The third kappa shape index (κ3) is 6.23. The first-order valence-corrected chi connectivity index (χ1v) is 11.1. The molecule has 0 aliphatic rings. The highest BCUT2D eigenvalue weighted by Gasteiger charge is 2.30. The Kier molecular flexibility index (Phi) is 9.19. The van der Waals surface area contributed by atoms with Crippen molar-refractivity contribution in [3.05, 3.63) is 69.2 Å². The van der Waals surface area contributed by atoms with E-state index in [1.807, 2.05) is 52.0 Å². The summed E-state index contributed by atoms with van der Waals surface area (Å²) < 4.78 is 0. The summed E-state index contributed by atoms with van der Waals surface area (Å²) in [4.78, 5) is 28.0. The Balaban J connectivity index is 2.38. The fourth-order valence-corrected chi connectivity index (χ4v) is 3.80. The minimum absolute atomic E-state index is 0.0313. The van der Waals surface area contributed by atoms with Gasteiger partial charge in [-0.25, -0.2) is 0 Å². The lowest BCUT2D eigenvalue weighted by molar-refractivity contribution is -0.141. The van der Waals surface area contributed by atoms with E-state index in [9.17, 15) is 9.59 Å². The van der Waals surface area contributed by atoms with Crippen LogP contribution in [-0.2, 0) is 22.6 Å². The van der Waals surface area contributed by atoms with E-state index in [1.165, 1.54) is 0 Å². The molecule has 2 aromatic carbocycles. The standard InChI is InChI=1S/C24H30Cl2N2O2/c1-5-17(4)27-24(30)22(6-2)28(15-19-20(25)12-9-13-21(19)26)23(29)14-18-11-8-7-10-16(18)3/h7-13,17,22H,5-6,14-15H2,1-4H3,(H,27,30)/t17-,22-/m0/s1. The predicted octanol–water partition coefficient (Wildman–Crippen LogP) is 5.57. The third-order valence-corrected chi connectivity index (χ3v) is 6.09. The van der Waals surface area contributed by atoms with E-state index in [1.54, 1.807) is 23.1 Å². The minimum atomic E-state index is -0.608. The molecule has 0 bridgehead atoms. The second-order valence-electron chi connectivity index (χ2n) is 7.57. The van der Waals surface area contributed by atoms with Crippen molar-refractivity contribution in [3.8, 4) is 0 Å². The first-order chi connectivity index (χ1) is 14.3. The molecule has 0 unspecified atom stereocenters. The molecule has 0 aromatic heterocycles. The molecule has 2 aromatic rings. The van der Waals surface area contributed by atoms with Crippen molar-refractivity contribution >= 4 is 35.0 Å². The van der Waals surface area contributed by atoms with Crippen molar-refractivity contribution < 1.29 is 9.59 Å². The van der Waals surface area contributed by atoms with Crippen LogP contribution < -0.4 is 5.32 Å². The fourth-order valence-electron chi connectivity index (χ4n) is 3.29. The Hall–Kier alpha value is -2.04. The normalized spacial score (nSPS) is 12.9. The largest absolute Gasteiger partial charge is 0.352 e. The smallest absolute Gasteiger partial charge is 0.243 e. The molecule has 0 heterocycles. The molecule has 2 amide bonds. The van der Waals surface area contributed by atoms with Crippen LogP contribution in [0.1, 0.15) is 50.3 Å². The number of rotatable bonds is 9.